The molecule has 0 saturated carbocycles. The third kappa shape index (κ3) is 4.53. The summed E-state index contributed by atoms with van der Waals surface area (Å²) in [5.74, 6) is 0.796. The lowest BCUT2D eigenvalue weighted by Crippen LogP contribution is -2.44. The van der Waals surface area contributed by atoms with Gasteiger partial charge in [0.2, 0.25) is 0 Å². The molecule has 1 aromatic heterocycles. The SMILES string of the molecule is Cc1ccc(-c2nc(C(=O)Nc3ccccc3N3CCN(C)CC3)c3n2CCCCC3)cc1. The highest BCUT2D eigenvalue weighted by molar-refractivity contribution is 6.06. The van der Waals surface area contributed by atoms with Crippen molar-refractivity contribution in [2.45, 2.75) is 39.2 Å². The van der Waals surface area contributed by atoms with Crippen LogP contribution < -0.4 is 10.2 Å². The Labute approximate surface area is 196 Å². The minimum Gasteiger partial charge on any atom is -0.367 e. The summed E-state index contributed by atoms with van der Waals surface area (Å²) in [6, 6.07) is 16.6. The van der Waals surface area contributed by atoms with E-state index in [1.807, 2.05) is 18.2 Å². The molecule has 1 amide bonds. The van der Waals surface area contributed by atoms with Crippen LogP contribution >= 0.6 is 0 Å². The van der Waals surface area contributed by atoms with Gasteiger partial charge in [0.15, 0.2) is 0 Å². The van der Waals surface area contributed by atoms with Gasteiger partial charge in [0.05, 0.1) is 17.1 Å². The Kier molecular flexibility index (Phi) is 6.18. The Morgan fingerprint density at radius 3 is 2.45 bits per heavy atom. The highest BCUT2D eigenvalue weighted by Gasteiger charge is 2.25. The number of rotatable bonds is 4. The van der Waals surface area contributed by atoms with E-state index < -0.39 is 0 Å². The molecule has 3 heterocycles. The van der Waals surface area contributed by atoms with Gasteiger partial charge >= 0.3 is 0 Å². The first-order chi connectivity index (χ1) is 16.1. The van der Waals surface area contributed by atoms with Gasteiger partial charge in [0, 0.05) is 38.3 Å². The van der Waals surface area contributed by atoms with Gasteiger partial charge in [-0.3, -0.25) is 4.79 Å². The summed E-state index contributed by atoms with van der Waals surface area (Å²) >= 11 is 0. The fourth-order valence-corrected chi connectivity index (χ4v) is 4.91. The number of hydrogen-bond acceptors (Lipinski definition) is 4. The Bertz CT molecular complexity index is 1130. The molecule has 0 aliphatic carbocycles. The summed E-state index contributed by atoms with van der Waals surface area (Å²) in [4.78, 5) is 23.2. The Balaban J connectivity index is 1.47. The fraction of sp³-hybridized carbons (Fsp3) is 0.407. The number of nitrogens with zero attached hydrogens (tertiary/aromatic N) is 4. The molecule has 5 rings (SSSR count). The van der Waals surface area contributed by atoms with Gasteiger partial charge in [-0.25, -0.2) is 4.98 Å². The minimum atomic E-state index is -0.111. The average Bonchev–Trinajstić information content (AvgIpc) is 3.02. The number of hydrogen-bond donors (Lipinski definition) is 1. The molecule has 2 aliphatic heterocycles. The maximum absolute atomic E-state index is 13.6. The van der Waals surface area contributed by atoms with E-state index in [0.29, 0.717) is 5.69 Å². The number of para-hydroxylation sites is 2. The highest BCUT2D eigenvalue weighted by atomic mass is 16.1. The van der Waals surface area contributed by atoms with Gasteiger partial charge in [-0.1, -0.05) is 48.4 Å². The van der Waals surface area contributed by atoms with Gasteiger partial charge < -0.3 is 19.7 Å². The van der Waals surface area contributed by atoms with Crippen molar-refractivity contribution in [3.63, 3.8) is 0 Å². The van der Waals surface area contributed by atoms with Crippen LogP contribution in [0.2, 0.25) is 0 Å². The maximum Gasteiger partial charge on any atom is 0.276 e. The van der Waals surface area contributed by atoms with E-state index in [9.17, 15) is 4.79 Å². The van der Waals surface area contributed by atoms with Crippen LogP contribution in [0.4, 0.5) is 11.4 Å². The first kappa shape index (κ1) is 21.7. The molecular weight excluding hydrogens is 410 g/mol. The van der Waals surface area contributed by atoms with Crippen LogP contribution in [0, 0.1) is 6.92 Å². The van der Waals surface area contributed by atoms with E-state index in [4.69, 9.17) is 4.98 Å². The lowest BCUT2D eigenvalue weighted by molar-refractivity contribution is 0.102. The van der Waals surface area contributed by atoms with Crippen molar-refractivity contribution in [2.24, 2.45) is 0 Å². The molecular formula is C27H33N5O. The molecule has 1 N–H and O–H groups in total. The number of benzene rings is 2. The number of likely N-dealkylation sites (N-methyl/N-ethyl adjacent to an activating group) is 1. The number of aryl methyl sites for hydroxylation is 1. The van der Waals surface area contributed by atoms with E-state index >= 15 is 0 Å². The molecule has 0 atom stereocenters. The summed E-state index contributed by atoms with van der Waals surface area (Å²) in [6.45, 7) is 6.97. The number of carbonyl (C=O) groups excluding carboxylic acids is 1. The summed E-state index contributed by atoms with van der Waals surface area (Å²) in [5.41, 5.74) is 5.88. The van der Waals surface area contributed by atoms with Crippen molar-refractivity contribution in [2.75, 3.05) is 43.4 Å². The molecule has 3 aromatic rings. The standard InChI is InChI=1S/C27H33N5O/c1-20-11-13-21(14-12-20)26-29-25(24-10-4-3-7-15-32(24)26)27(33)28-22-8-5-6-9-23(22)31-18-16-30(2)17-19-31/h5-6,8-9,11-14H,3-4,7,10,15-19H2,1-2H3,(H,28,33). The third-order valence-electron chi connectivity index (χ3n) is 6.89. The smallest absolute Gasteiger partial charge is 0.276 e. The third-order valence-corrected chi connectivity index (χ3v) is 6.89. The Morgan fingerprint density at radius 2 is 1.67 bits per heavy atom. The molecule has 1 fully saturated rings. The lowest BCUT2D eigenvalue weighted by atomic mass is 10.1. The number of nitrogens with one attached hydrogen (secondary N) is 1. The summed E-state index contributed by atoms with van der Waals surface area (Å²) < 4.78 is 2.28. The van der Waals surface area contributed by atoms with Gasteiger partial charge in [-0.15, -0.1) is 0 Å². The van der Waals surface area contributed by atoms with Crippen LogP contribution in [0.3, 0.4) is 0 Å². The molecule has 2 aromatic carbocycles. The van der Waals surface area contributed by atoms with Gasteiger partial charge in [0.1, 0.15) is 11.5 Å². The molecule has 172 valence electrons. The van der Waals surface area contributed by atoms with Crippen molar-refractivity contribution in [1.29, 1.82) is 0 Å². The number of fused-ring (bicyclic) bond motifs is 1. The predicted molar refractivity (Wildman–Crippen MR) is 134 cm³/mol. The zero-order valence-electron chi connectivity index (χ0n) is 19.7. The van der Waals surface area contributed by atoms with Gasteiger partial charge in [-0.05, 0) is 45.4 Å². The monoisotopic (exact) mass is 443 g/mol. The second-order valence-corrected chi connectivity index (χ2v) is 9.32. The van der Waals surface area contributed by atoms with Gasteiger partial charge in [0.25, 0.3) is 5.91 Å². The Morgan fingerprint density at radius 1 is 0.909 bits per heavy atom. The second-order valence-electron chi connectivity index (χ2n) is 9.32. The van der Waals surface area contributed by atoms with Crippen LogP contribution in [-0.2, 0) is 13.0 Å². The summed E-state index contributed by atoms with van der Waals surface area (Å²) in [6.07, 6.45) is 4.29. The van der Waals surface area contributed by atoms with Crippen molar-refractivity contribution in [3.8, 4) is 11.4 Å². The molecule has 33 heavy (non-hydrogen) atoms. The first-order valence-corrected chi connectivity index (χ1v) is 12.1. The highest BCUT2D eigenvalue weighted by Crippen LogP contribution is 2.30. The van der Waals surface area contributed by atoms with Crippen LogP contribution in [0.15, 0.2) is 48.5 Å². The number of aromatic nitrogens is 2. The molecule has 6 nitrogen and oxygen atoms in total. The summed E-state index contributed by atoms with van der Waals surface area (Å²) in [7, 11) is 2.15. The minimum absolute atomic E-state index is 0.111. The van der Waals surface area contributed by atoms with Crippen LogP contribution in [0.5, 0.6) is 0 Å². The molecule has 0 radical (unpaired) electrons. The molecule has 1 saturated heterocycles. The van der Waals surface area contributed by atoms with E-state index in [1.165, 1.54) is 12.0 Å². The molecule has 6 heteroatoms. The van der Waals surface area contributed by atoms with Crippen molar-refractivity contribution < 1.29 is 4.79 Å². The van der Waals surface area contributed by atoms with Crippen LogP contribution in [-0.4, -0.2) is 53.6 Å². The summed E-state index contributed by atoms with van der Waals surface area (Å²) in [5, 5.41) is 3.21. The number of piperazine rings is 1. The molecule has 0 bridgehead atoms. The normalized spacial score (nSPS) is 16.8. The quantitative estimate of drug-likeness (QED) is 0.641. The Hall–Kier alpha value is -3.12. The fourth-order valence-electron chi connectivity index (χ4n) is 4.91. The predicted octanol–water partition coefficient (Wildman–Crippen LogP) is 4.59. The van der Waals surface area contributed by atoms with Crippen molar-refractivity contribution >= 4 is 17.3 Å². The van der Waals surface area contributed by atoms with Crippen molar-refractivity contribution in [3.05, 3.63) is 65.5 Å². The topological polar surface area (TPSA) is 53.4 Å². The zero-order valence-corrected chi connectivity index (χ0v) is 19.7. The maximum atomic E-state index is 13.6. The van der Waals surface area contributed by atoms with E-state index in [0.717, 1.165) is 80.4 Å². The molecule has 0 unspecified atom stereocenters. The number of imidazole rings is 1. The van der Waals surface area contributed by atoms with E-state index in [-0.39, 0.29) is 5.91 Å². The van der Waals surface area contributed by atoms with Gasteiger partial charge in [-0.2, -0.15) is 0 Å². The average molecular weight is 444 g/mol. The lowest BCUT2D eigenvalue weighted by Gasteiger charge is -2.35. The van der Waals surface area contributed by atoms with E-state index in [2.05, 4.69) is 64.0 Å². The van der Waals surface area contributed by atoms with Crippen molar-refractivity contribution in [1.82, 2.24) is 14.5 Å². The largest absolute Gasteiger partial charge is 0.367 e. The molecule has 2 aliphatic rings. The molecule has 0 spiro atoms. The zero-order chi connectivity index (χ0) is 22.8. The second kappa shape index (κ2) is 9.40. The van der Waals surface area contributed by atoms with Crippen LogP contribution in [0.25, 0.3) is 11.4 Å². The number of anilines is 2. The number of carbonyl (C=O) groups is 1. The first-order valence-electron chi connectivity index (χ1n) is 12.1. The van der Waals surface area contributed by atoms with E-state index in [1.54, 1.807) is 0 Å². The number of amides is 1. The van der Waals surface area contributed by atoms with Crippen LogP contribution in [0.1, 0.15) is 41.0 Å².